The Morgan fingerprint density at radius 2 is 1.53 bits per heavy atom. The average Bonchev–Trinajstić information content (AvgIpc) is 1.93. The molecule has 104 valence electrons. The number of hydrogen-bond donors (Lipinski definition) is 4. The molecule has 10 nitrogen and oxygen atoms in total. The smallest absolute Gasteiger partial charge is 0.302 e. The van der Waals surface area contributed by atoms with Gasteiger partial charge >= 0.3 is 23.5 Å². The van der Waals surface area contributed by atoms with Gasteiger partial charge in [-0.1, -0.05) is 0 Å². The summed E-state index contributed by atoms with van der Waals surface area (Å²) in [5.41, 5.74) is 0. The Balaban J connectivity index is 4.54. The molecule has 0 aromatic heterocycles. The summed E-state index contributed by atoms with van der Waals surface area (Å²) in [6, 6.07) is 0. The summed E-state index contributed by atoms with van der Waals surface area (Å²) in [5.74, 6) is 0. The van der Waals surface area contributed by atoms with E-state index in [1.54, 1.807) is 0 Å². The van der Waals surface area contributed by atoms with Crippen LogP contribution in [0.5, 0.6) is 0 Å². The Bertz CT molecular complexity index is 386. The molecule has 0 aromatic carbocycles. The first-order chi connectivity index (χ1) is 7.33. The summed E-state index contributed by atoms with van der Waals surface area (Å²) in [4.78, 5) is 34.0. The molecule has 0 aromatic rings. The van der Waals surface area contributed by atoms with Crippen LogP contribution in [0.15, 0.2) is 0 Å². The highest BCUT2D eigenvalue weighted by Gasteiger charge is 2.40. The molecule has 0 aliphatic heterocycles. The van der Waals surface area contributed by atoms with Crippen molar-refractivity contribution in [3.05, 3.63) is 0 Å². The van der Waals surface area contributed by atoms with E-state index in [2.05, 4.69) is 13.1 Å². The van der Waals surface area contributed by atoms with Crippen LogP contribution in [0, 0.1) is 0 Å². The molecule has 3 unspecified atom stereocenters. The van der Waals surface area contributed by atoms with E-state index in [1.165, 1.54) is 6.92 Å². The van der Waals surface area contributed by atoms with Gasteiger partial charge in [-0.2, -0.15) is 8.62 Å². The first-order valence-corrected chi connectivity index (χ1v) is 8.71. The lowest BCUT2D eigenvalue weighted by Gasteiger charge is -2.16. The van der Waals surface area contributed by atoms with E-state index < -0.39 is 35.5 Å². The molecule has 0 saturated carbocycles. The predicted molar refractivity (Wildman–Crippen MR) is 55.1 cm³/mol. The van der Waals surface area contributed by atoms with Gasteiger partial charge in [0.1, 0.15) is 0 Å². The van der Waals surface area contributed by atoms with Crippen molar-refractivity contribution in [1.29, 1.82) is 0 Å². The van der Waals surface area contributed by atoms with E-state index in [1.807, 2.05) is 0 Å². The molecule has 0 aliphatic rings. The molecule has 0 bridgehead atoms. The second kappa shape index (κ2) is 6.23. The molecule has 0 aliphatic carbocycles. The SMILES string of the molecule is CC(Cl)COP(=O)(O)OP(=O)(O)OP(=O)(O)O. The minimum absolute atomic E-state index is 0.495. The van der Waals surface area contributed by atoms with Crippen molar-refractivity contribution in [3.63, 3.8) is 0 Å². The van der Waals surface area contributed by atoms with Gasteiger partial charge in [0.05, 0.1) is 12.0 Å². The van der Waals surface area contributed by atoms with Gasteiger partial charge in [-0.15, -0.1) is 11.6 Å². The Hall–Kier alpha value is 0.700. The van der Waals surface area contributed by atoms with E-state index in [-0.39, 0.29) is 0 Å². The Labute approximate surface area is 101 Å². The maximum Gasteiger partial charge on any atom is 0.490 e. The van der Waals surface area contributed by atoms with Gasteiger partial charge in [0.15, 0.2) is 0 Å². The lowest BCUT2D eigenvalue weighted by atomic mass is 10.5. The van der Waals surface area contributed by atoms with Crippen LogP contribution < -0.4 is 0 Å². The zero-order valence-electron chi connectivity index (χ0n) is 8.24. The average molecular weight is 334 g/mol. The van der Waals surface area contributed by atoms with Crippen LogP contribution in [-0.4, -0.2) is 31.6 Å². The molecule has 14 heteroatoms. The molecular formula is C3H10ClO10P3. The lowest BCUT2D eigenvalue weighted by molar-refractivity contribution is 0.173. The highest BCUT2D eigenvalue weighted by Crippen LogP contribution is 2.66. The maximum atomic E-state index is 11.0. The number of halogens is 1. The van der Waals surface area contributed by atoms with Crippen molar-refractivity contribution in [2.75, 3.05) is 6.61 Å². The van der Waals surface area contributed by atoms with E-state index in [9.17, 15) is 13.7 Å². The highest BCUT2D eigenvalue weighted by molar-refractivity contribution is 7.66. The van der Waals surface area contributed by atoms with Crippen LogP contribution in [0.2, 0.25) is 0 Å². The van der Waals surface area contributed by atoms with E-state index in [4.69, 9.17) is 31.2 Å². The van der Waals surface area contributed by atoms with Crippen molar-refractivity contribution < 1.29 is 46.4 Å². The van der Waals surface area contributed by atoms with Gasteiger partial charge in [-0.05, 0) is 6.92 Å². The van der Waals surface area contributed by atoms with Gasteiger partial charge in [0, 0.05) is 0 Å². The summed E-state index contributed by atoms with van der Waals surface area (Å²) >= 11 is 5.36. The molecule has 3 atom stereocenters. The summed E-state index contributed by atoms with van der Waals surface area (Å²) in [5, 5.41) is -0.695. The lowest BCUT2D eigenvalue weighted by Crippen LogP contribution is -2.04. The standard InChI is InChI=1S/C3H10ClO10P3/c1-3(4)2-12-16(8,9)14-17(10,11)13-15(5,6)7/h3H,2H2,1H3,(H,8,9)(H,10,11)(H2,5,6,7). The van der Waals surface area contributed by atoms with Gasteiger partial charge < -0.3 is 19.6 Å². The first-order valence-electron chi connectivity index (χ1n) is 3.75. The van der Waals surface area contributed by atoms with Crippen molar-refractivity contribution >= 4 is 35.1 Å². The van der Waals surface area contributed by atoms with E-state index in [0.29, 0.717) is 0 Å². The third kappa shape index (κ3) is 10.3. The molecule has 0 fully saturated rings. The summed E-state index contributed by atoms with van der Waals surface area (Å²) in [7, 11) is -15.8. The molecule has 0 amide bonds. The predicted octanol–water partition coefficient (Wildman–Crippen LogP) is 0.957. The zero-order valence-corrected chi connectivity index (χ0v) is 11.7. The van der Waals surface area contributed by atoms with Crippen molar-refractivity contribution in [1.82, 2.24) is 0 Å². The number of phosphoric acid groups is 3. The van der Waals surface area contributed by atoms with Crippen LogP contribution in [0.4, 0.5) is 0 Å². The van der Waals surface area contributed by atoms with Gasteiger partial charge in [-0.3, -0.25) is 4.52 Å². The zero-order chi connectivity index (χ0) is 13.9. The fourth-order valence-electron chi connectivity index (χ4n) is 0.500. The highest BCUT2D eigenvalue weighted by atomic mass is 35.5. The number of hydrogen-bond acceptors (Lipinski definition) is 6. The van der Waals surface area contributed by atoms with Crippen molar-refractivity contribution in [2.24, 2.45) is 0 Å². The number of rotatable bonds is 7. The first kappa shape index (κ1) is 17.7. The molecular weight excluding hydrogens is 324 g/mol. The Morgan fingerprint density at radius 1 is 1.06 bits per heavy atom. The fourth-order valence-corrected chi connectivity index (χ4v) is 3.76. The van der Waals surface area contributed by atoms with Crippen molar-refractivity contribution in [3.8, 4) is 0 Å². The van der Waals surface area contributed by atoms with Crippen molar-refractivity contribution in [2.45, 2.75) is 12.3 Å². The van der Waals surface area contributed by atoms with Crippen LogP contribution in [-0.2, 0) is 26.8 Å². The van der Waals surface area contributed by atoms with E-state index >= 15 is 0 Å². The van der Waals surface area contributed by atoms with Crippen LogP contribution >= 0.6 is 35.1 Å². The summed E-state index contributed by atoms with van der Waals surface area (Å²) in [6.45, 7) is 0.900. The molecule has 0 spiro atoms. The molecule has 17 heavy (non-hydrogen) atoms. The minimum atomic E-state index is -5.44. The largest absolute Gasteiger partial charge is 0.490 e. The van der Waals surface area contributed by atoms with Gasteiger partial charge in [-0.25, -0.2) is 13.7 Å². The Kier molecular flexibility index (Phi) is 6.49. The van der Waals surface area contributed by atoms with Crippen LogP contribution in [0.25, 0.3) is 0 Å². The maximum absolute atomic E-state index is 11.0. The summed E-state index contributed by atoms with van der Waals surface area (Å²) in [6.07, 6.45) is 0. The quantitative estimate of drug-likeness (QED) is 0.390. The topological polar surface area (TPSA) is 160 Å². The second-order valence-corrected chi connectivity index (χ2v) is 7.83. The fraction of sp³-hybridized carbons (Fsp3) is 1.00. The van der Waals surface area contributed by atoms with Gasteiger partial charge in [0.2, 0.25) is 0 Å². The van der Waals surface area contributed by atoms with Crippen LogP contribution in [0.1, 0.15) is 6.92 Å². The minimum Gasteiger partial charge on any atom is -0.302 e. The molecule has 0 radical (unpaired) electrons. The number of alkyl halides is 1. The normalized spacial score (nSPS) is 21.5. The molecule has 0 heterocycles. The third-order valence-electron chi connectivity index (χ3n) is 0.883. The summed E-state index contributed by atoms with van der Waals surface area (Å²) < 4.78 is 43.1. The van der Waals surface area contributed by atoms with Gasteiger partial charge in [0.25, 0.3) is 0 Å². The second-order valence-electron chi connectivity index (χ2n) is 2.67. The number of phosphoric ester groups is 1. The Morgan fingerprint density at radius 3 is 1.88 bits per heavy atom. The molecule has 0 saturated heterocycles. The third-order valence-corrected chi connectivity index (χ3v) is 4.81. The van der Waals surface area contributed by atoms with Crippen LogP contribution in [0.3, 0.4) is 0 Å². The molecule has 0 rings (SSSR count). The molecule has 4 N–H and O–H groups in total. The van der Waals surface area contributed by atoms with E-state index in [0.717, 1.165) is 0 Å². The monoisotopic (exact) mass is 334 g/mol.